The molecule has 0 fully saturated rings. The summed E-state index contributed by atoms with van der Waals surface area (Å²) >= 11 is 0. The molecule has 0 heterocycles. The van der Waals surface area contributed by atoms with Gasteiger partial charge in [-0.2, -0.15) is 0 Å². The van der Waals surface area contributed by atoms with Gasteiger partial charge in [0.05, 0.1) is 32.1 Å². The Morgan fingerprint density at radius 2 is 1.95 bits per heavy atom. The van der Waals surface area contributed by atoms with Crippen LogP contribution in [-0.4, -0.2) is 51.8 Å². The lowest BCUT2D eigenvalue weighted by atomic mass is 10.1. The number of hydrogen-bond acceptors (Lipinski definition) is 5. The van der Waals surface area contributed by atoms with Crippen LogP contribution < -0.4 is 15.2 Å². The van der Waals surface area contributed by atoms with Crippen LogP contribution in [0.3, 0.4) is 0 Å². The lowest BCUT2D eigenvalue weighted by molar-refractivity contribution is 0.0707. The van der Waals surface area contributed by atoms with Crippen molar-refractivity contribution in [2.24, 2.45) is 0 Å². The molecule has 6 heteroatoms. The second kappa shape index (κ2) is 7.59. The summed E-state index contributed by atoms with van der Waals surface area (Å²) < 4.78 is 15.3. The number of nitrogens with two attached hydrogens (primary N) is 1. The van der Waals surface area contributed by atoms with Gasteiger partial charge in [-0.3, -0.25) is 4.79 Å². The highest BCUT2D eigenvalue weighted by molar-refractivity contribution is 6.01. The van der Waals surface area contributed by atoms with Crippen molar-refractivity contribution in [1.29, 1.82) is 0 Å². The topological polar surface area (TPSA) is 74.0 Å². The molecule has 20 heavy (non-hydrogen) atoms. The molecule has 0 bridgehead atoms. The molecule has 6 nitrogen and oxygen atoms in total. The van der Waals surface area contributed by atoms with Crippen LogP contribution in [-0.2, 0) is 4.74 Å². The van der Waals surface area contributed by atoms with Crippen molar-refractivity contribution in [1.82, 2.24) is 4.90 Å². The summed E-state index contributed by atoms with van der Waals surface area (Å²) in [6.07, 6.45) is 0. The number of nitrogen functional groups attached to an aromatic ring is 1. The van der Waals surface area contributed by atoms with Crippen molar-refractivity contribution in [3.8, 4) is 11.5 Å². The Hall–Kier alpha value is -1.95. The average molecular weight is 282 g/mol. The van der Waals surface area contributed by atoms with E-state index in [0.717, 1.165) is 0 Å². The van der Waals surface area contributed by atoms with E-state index in [4.69, 9.17) is 19.9 Å². The normalized spacial score (nSPS) is 10.2. The highest BCUT2D eigenvalue weighted by Crippen LogP contribution is 2.31. The fraction of sp³-hybridized carbons (Fsp3) is 0.500. The summed E-state index contributed by atoms with van der Waals surface area (Å²) in [5.74, 6) is 0.789. The molecule has 1 amide bonds. The fourth-order valence-electron chi connectivity index (χ4n) is 1.84. The molecular weight excluding hydrogens is 260 g/mol. The van der Waals surface area contributed by atoms with Crippen LogP contribution in [0.5, 0.6) is 11.5 Å². The van der Waals surface area contributed by atoms with Crippen LogP contribution in [0.2, 0.25) is 0 Å². The summed E-state index contributed by atoms with van der Waals surface area (Å²) in [5, 5.41) is 0. The number of rotatable bonds is 7. The van der Waals surface area contributed by atoms with Gasteiger partial charge >= 0.3 is 0 Å². The molecule has 0 aromatic heterocycles. The SMILES string of the molecule is CCN(CCOC)C(=O)c1cc(OC)cc(OC)c1N. The van der Waals surface area contributed by atoms with Crippen molar-refractivity contribution < 1.29 is 19.0 Å². The molecule has 0 aliphatic rings. The molecule has 1 aromatic rings. The lowest BCUT2D eigenvalue weighted by Gasteiger charge is -2.22. The molecule has 1 aromatic carbocycles. The van der Waals surface area contributed by atoms with Crippen molar-refractivity contribution in [2.75, 3.05) is 46.8 Å². The molecule has 0 unspecified atom stereocenters. The fourth-order valence-corrected chi connectivity index (χ4v) is 1.84. The zero-order chi connectivity index (χ0) is 15.1. The second-order valence-electron chi connectivity index (χ2n) is 4.17. The molecule has 1 rings (SSSR count). The Bertz CT molecular complexity index is 463. The summed E-state index contributed by atoms with van der Waals surface area (Å²) in [4.78, 5) is 14.2. The van der Waals surface area contributed by atoms with E-state index in [1.165, 1.54) is 14.2 Å². The molecule has 0 aliphatic carbocycles. The number of nitrogens with zero attached hydrogens (tertiary/aromatic N) is 1. The standard InChI is InChI=1S/C14H22N2O4/c1-5-16(6-7-18-2)14(17)11-8-10(19-3)9-12(20-4)13(11)15/h8-9H,5-7,15H2,1-4H3. The number of carbonyl (C=O) groups is 1. The molecule has 0 spiro atoms. The largest absolute Gasteiger partial charge is 0.497 e. The van der Waals surface area contributed by atoms with Crippen LogP contribution in [0, 0.1) is 0 Å². The second-order valence-corrected chi connectivity index (χ2v) is 4.17. The van der Waals surface area contributed by atoms with Gasteiger partial charge in [0.25, 0.3) is 5.91 Å². The summed E-state index contributed by atoms with van der Waals surface area (Å²) in [6, 6.07) is 3.27. The van der Waals surface area contributed by atoms with Gasteiger partial charge in [0.15, 0.2) is 0 Å². The number of hydrogen-bond donors (Lipinski definition) is 1. The minimum atomic E-state index is -0.167. The van der Waals surface area contributed by atoms with Crippen LogP contribution in [0.4, 0.5) is 5.69 Å². The predicted molar refractivity (Wildman–Crippen MR) is 77.4 cm³/mol. The number of carbonyl (C=O) groups excluding carboxylic acids is 1. The van der Waals surface area contributed by atoms with Gasteiger partial charge in [0.2, 0.25) is 0 Å². The third kappa shape index (κ3) is 3.54. The first kappa shape index (κ1) is 16.1. The van der Waals surface area contributed by atoms with Gasteiger partial charge in [-0.05, 0) is 13.0 Å². The van der Waals surface area contributed by atoms with Crippen LogP contribution >= 0.6 is 0 Å². The van der Waals surface area contributed by atoms with E-state index in [1.807, 2.05) is 6.92 Å². The third-order valence-electron chi connectivity index (χ3n) is 3.04. The summed E-state index contributed by atoms with van der Waals surface area (Å²) in [5.41, 5.74) is 6.67. The van der Waals surface area contributed by atoms with E-state index >= 15 is 0 Å². The van der Waals surface area contributed by atoms with Crippen molar-refractivity contribution in [3.63, 3.8) is 0 Å². The van der Waals surface area contributed by atoms with Gasteiger partial charge in [-0.25, -0.2) is 0 Å². The van der Waals surface area contributed by atoms with E-state index in [0.29, 0.717) is 42.4 Å². The third-order valence-corrected chi connectivity index (χ3v) is 3.04. The molecule has 112 valence electrons. The lowest BCUT2D eigenvalue weighted by Crippen LogP contribution is -2.34. The maximum Gasteiger partial charge on any atom is 0.256 e. The highest BCUT2D eigenvalue weighted by atomic mass is 16.5. The number of anilines is 1. The summed E-state index contributed by atoms with van der Waals surface area (Å²) in [6.45, 7) is 3.45. The Labute approximate surface area is 119 Å². The maximum absolute atomic E-state index is 12.5. The molecule has 0 aliphatic heterocycles. The first-order valence-corrected chi connectivity index (χ1v) is 6.38. The number of benzene rings is 1. The van der Waals surface area contributed by atoms with Gasteiger partial charge < -0.3 is 24.8 Å². The Balaban J connectivity index is 3.12. The number of ether oxygens (including phenoxy) is 3. The van der Waals surface area contributed by atoms with Crippen LogP contribution in [0.25, 0.3) is 0 Å². The molecule has 0 saturated heterocycles. The smallest absolute Gasteiger partial charge is 0.256 e. The van der Waals surface area contributed by atoms with E-state index in [-0.39, 0.29) is 5.91 Å². The first-order chi connectivity index (χ1) is 9.58. The molecular formula is C14H22N2O4. The van der Waals surface area contributed by atoms with Crippen molar-refractivity contribution in [2.45, 2.75) is 6.92 Å². The Morgan fingerprint density at radius 3 is 2.45 bits per heavy atom. The predicted octanol–water partition coefficient (Wildman–Crippen LogP) is 1.39. The quantitative estimate of drug-likeness (QED) is 0.765. The number of likely N-dealkylation sites (N-methyl/N-ethyl adjacent to an activating group) is 1. The molecule has 2 N–H and O–H groups in total. The minimum absolute atomic E-state index is 0.167. The van der Waals surface area contributed by atoms with E-state index in [9.17, 15) is 4.79 Å². The monoisotopic (exact) mass is 282 g/mol. The zero-order valence-electron chi connectivity index (χ0n) is 12.4. The van der Waals surface area contributed by atoms with E-state index in [2.05, 4.69) is 0 Å². The molecule has 0 radical (unpaired) electrons. The van der Waals surface area contributed by atoms with Gasteiger partial charge in [0.1, 0.15) is 11.5 Å². The summed E-state index contributed by atoms with van der Waals surface area (Å²) in [7, 11) is 4.63. The van der Waals surface area contributed by atoms with Crippen molar-refractivity contribution in [3.05, 3.63) is 17.7 Å². The number of methoxy groups -OCH3 is 3. The van der Waals surface area contributed by atoms with Gasteiger partial charge in [-0.1, -0.05) is 0 Å². The Kier molecular flexibility index (Phi) is 6.11. The molecule has 0 atom stereocenters. The van der Waals surface area contributed by atoms with Gasteiger partial charge in [0, 0.05) is 26.3 Å². The van der Waals surface area contributed by atoms with Crippen molar-refractivity contribution >= 4 is 11.6 Å². The molecule has 0 saturated carbocycles. The van der Waals surface area contributed by atoms with E-state index < -0.39 is 0 Å². The van der Waals surface area contributed by atoms with E-state index in [1.54, 1.807) is 24.1 Å². The average Bonchev–Trinajstić information content (AvgIpc) is 2.48. The van der Waals surface area contributed by atoms with Crippen LogP contribution in [0.15, 0.2) is 12.1 Å². The number of amides is 1. The maximum atomic E-state index is 12.5. The van der Waals surface area contributed by atoms with Gasteiger partial charge in [-0.15, -0.1) is 0 Å². The minimum Gasteiger partial charge on any atom is -0.497 e. The van der Waals surface area contributed by atoms with Crippen LogP contribution in [0.1, 0.15) is 17.3 Å². The zero-order valence-corrected chi connectivity index (χ0v) is 12.4. The Morgan fingerprint density at radius 1 is 1.25 bits per heavy atom. The highest BCUT2D eigenvalue weighted by Gasteiger charge is 2.20. The first-order valence-electron chi connectivity index (χ1n) is 6.38.